The predicted octanol–water partition coefficient (Wildman–Crippen LogP) is 2.16. The van der Waals surface area contributed by atoms with Gasteiger partial charge in [-0.2, -0.15) is 0 Å². The van der Waals surface area contributed by atoms with E-state index in [0.717, 1.165) is 0 Å². The van der Waals surface area contributed by atoms with E-state index in [9.17, 15) is 0 Å². The summed E-state index contributed by atoms with van der Waals surface area (Å²) in [6, 6.07) is 0. The number of hydrogen-bond donors (Lipinski definition) is 0. The van der Waals surface area contributed by atoms with Crippen molar-refractivity contribution in [3.05, 3.63) is 10.8 Å². The predicted molar refractivity (Wildman–Crippen MR) is 34.9 cm³/mol. The van der Waals surface area contributed by atoms with Gasteiger partial charge in [-0.25, -0.2) is 0 Å². The number of nitrogens with zero attached hydrogens (tertiary/aromatic N) is 1. The third kappa shape index (κ3) is 5.51. The van der Waals surface area contributed by atoms with E-state index >= 15 is 0 Å². The molecule has 0 amide bonds. The maximum Gasteiger partial charge on any atom is 0.227 e. The fraction of sp³-hybridized carbons (Fsp3) is 0.750. The van der Waals surface area contributed by atoms with Crippen LogP contribution in [0, 0.1) is 5.69 Å². The zero-order chi connectivity index (χ0) is 5.91. The van der Waals surface area contributed by atoms with Gasteiger partial charge in [-0.05, 0) is 0 Å². The first-order chi connectivity index (χ1) is 3.06. The smallest absolute Gasteiger partial charge is 0.227 e. The third-order valence-corrected chi connectivity index (χ3v) is 1.17. The van der Waals surface area contributed by atoms with Crippen LogP contribution in [0.5, 0.6) is 0 Å². The van der Waals surface area contributed by atoms with Crippen LogP contribution >= 0.6 is 0 Å². The summed E-state index contributed by atoms with van der Waals surface area (Å²) in [5, 5.41) is 0. The van der Waals surface area contributed by atoms with Gasteiger partial charge in [-0.1, -0.05) is 19.6 Å². The average molecular weight is 114 g/mol. The molecule has 0 aromatic heterocycles. The lowest BCUT2D eigenvalue weighted by molar-refractivity contribution is 1.80. The second-order valence-corrected chi connectivity index (χ2v) is 7.20. The summed E-state index contributed by atoms with van der Waals surface area (Å²) in [7, 11) is -1.26. The topological polar surface area (TPSA) is 28.2 Å². The molecular formula is C4H10N2Si. The minimum absolute atomic E-state index is 1.26. The number of hydrogen-bond acceptors (Lipinski definition) is 0. The summed E-state index contributed by atoms with van der Waals surface area (Å²) in [5.41, 5.74) is 2.72. The van der Waals surface area contributed by atoms with E-state index in [1.54, 1.807) is 0 Å². The Bertz CT molecular complexity index is 103. The summed E-state index contributed by atoms with van der Waals surface area (Å²) in [4.78, 5) is 3.07. The van der Waals surface area contributed by atoms with Gasteiger partial charge in [0.15, 0.2) is 0 Å². The van der Waals surface area contributed by atoms with Gasteiger partial charge >= 0.3 is 0 Å². The highest BCUT2D eigenvalue weighted by molar-refractivity contribution is 6.83. The lowest BCUT2D eigenvalue weighted by atomic mass is 11.7. The van der Waals surface area contributed by atoms with Crippen molar-refractivity contribution in [3.8, 4) is 5.69 Å². The second-order valence-electron chi connectivity index (χ2n) is 2.47. The molecule has 0 aromatic carbocycles. The van der Waals surface area contributed by atoms with Crippen LogP contribution in [0.1, 0.15) is 0 Å². The molecule has 0 aliphatic rings. The van der Waals surface area contributed by atoms with Crippen LogP contribution in [0.4, 0.5) is 0 Å². The fourth-order valence-corrected chi connectivity index (χ4v) is 0.503. The highest BCUT2D eigenvalue weighted by Crippen LogP contribution is 1.96. The van der Waals surface area contributed by atoms with Crippen molar-refractivity contribution in [2.24, 2.45) is 0 Å². The largest absolute Gasteiger partial charge is 0.323 e. The van der Waals surface area contributed by atoms with Gasteiger partial charge in [0.1, 0.15) is 0 Å². The van der Waals surface area contributed by atoms with Crippen molar-refractivity contribution in [1.29, 1.82) is 0 Å². The van der Waals surface area contributed by atoms with E-state index in [-0.39, 0.29) is 0 Å². The van der Waals surface area contributed by atoms with Gasteiger partial charge in [-0.15, -0.1) is 4.95 Å². The van der Waals surface area contributed by atoms with Crippen molar-refractivity contribution in [1.82, 2.24) is 0 Å². The fourth-order valence-electron chi connectivity index (χ4n) is 0.168. The van der Waals surface area contributed by atoms with Crippen molar-refractivity contribution in [2.75, 3.05) is 0 Å². The first-order valence-electron chi connectivity index (χ1n) is 2.20. The Morgan fingerprint density at radius 1 is 1.43 bits per heavy atom. The maximum absolute atomic E-state index is 6.41. The summed E-state index contributed by atoms with van der Waals surface area (Å²) < 4.78 is 0. The van der Waals surface area contributed by atoms with Gasteiger partial charge in [0.2, 0.25) is 13.8 Å². The molecule has 1 N–H and O–H groups in total. The van der Waals surface area contributed by atoms with E-state index in [2.05, 4.69) is 30.3 Å². The molecular weight excluding hydrogens is 104 g/mol. The molecule has 0 aromatic rings. The summed E-state index contributed by atoms with van der Waals surface area (Å²) >= 11 is 0. The average Bonchev–Trinajstić information content (AvgIpc) is 1.30. The van der Waals surface area contributed by atoms with Crippen LogP contribution in [0.2, 0.25) is 19.6 Å². The van der Waals surface area contributed by atoms with Crippen LogP contribution < -0.4 is 0 Å². The minimum Gasteiger partial charge on any atom is -0.323 e. The Morgan fingerprint density at radius 2 is 1.86 bits per heavy atom. The molecule has 3 heteroatoms. The molecule has 0 atom stereocenters. The molecule has 40 valence electrons. The lowest BCUT2D eigenvalue weighted by Gasteiger charge is -1.92. The Kier molecular flexibility index (Phi) is 1.85. The Balaban J connectivity index is 3.72. The number of nitrogens with one attached hydrogen (secondary N) is 1. The first-order valence-corrected chi connectivity index (χ1v) is 5.70. The molecule has 0 bridgehead atoms. The van der Waals surface area contributed by atoms with Crippen LogP contribution in [-0.4, -0.2) is 8.07 Å². The number of rotatable bonds is 0. The second kappa shape index (κ2) is 1.98. The van der Waals surface area contributed by atoms with E-state index in [1.165, 1.54) is 0 Å². The van der Waals surface area contributed by atoms with E-state index in [1.807, 2.05) is 0 Å². The molecule has 0 heterocycles. The molecule has 0 radical (unpaired) electrons. The molecule has 0 saturated carbocycles. The highest BCUT2D eigenvalue weighted by Gasteiger charge is 2.16. The van der Waals surface area contributed by atoms with Gasteiger partial charge in [0.25, 0.3) is 0 Å². The molecule has 0 saturated heterocycles. The Morgan fingerprint density at radius 3 is 1.86 bits per heavy atom. The van der Waals surface area contributed by atoms with Gasteiger partial charge in [-0.3, -0.25) is 0 Å². The highest BCUT2D eigenvalue weighted by atomic mass is 28.3. The van der Waals surface area contributed by atoms with E-state index in [4.69, 9.17) is 5.84 Å². The molecule has 0 rings (SSSR count). The summed E-state index contributed by atoms with van der Waals surface area (Å²) in [6.45, 7) is 6.26. The standard InChI is InChI=1S/C4H10N2Si/c1-7(2,3)4-6-5/h5H,1-3H3. The van der Waals surface area contributed by atoms with Crippen LogP contribution in [-0.2, 0) is 0 Å². The van der Waals surface area contributed by atoms with Crippen LogP contribution in [0.3, 0.4) is 0 Å². The monoisotopic (exact) mass is 114 g/mol. The minimum atomic E-state index is -1.26. The Labute approximate surface area is 45.1 Å². The van der Waals surface area contributed by atoms with E-state index in [0.29, 0.717) is 0 Å². The molecule has 7 heavy (non-hydrogen) atoms. The molecule has 0 unspecified atom stereocenters. The molecule has 0 fully saturated rings. The SMILES string of the molecule is C[Si](C)(C)C#[N+][NH-]. The molecule has 0 spiro atoms. The van der Waals surface area contributed by atoms with Crippen molar-refractivity contribution < 1.29 is 0 Å². The maximum atomic E-state index is 6.41. The molecule has 2 nitrogen and oxygen atoms in total. The Hall–Kier alpha value is -0.493. The molecule has 0 aliphatic heterocycles. The summed E-state index contributed by atoms with van der Waals surface area (Å²) in [6.07, 6.45) is 0. The van der Waals surface area contributed by atoms with Crippen molar-refractivity contribution >= 4 is 8.07 Å². The van der Waals surface area contributed by atoms with Gasteiger partial charge in [0, 0.05) is 0 Å². The third-order valence-electron chi connectivity index (χ3n) is 0.391. The quantitative estimate of drug-likeness (QED) is 0.341. The summed E-state index contributed by atoms with van der Waals surface area (Å²) in [5.74, 6) is 6.41. The lowest BCUT2D eigenvalue weighted by Crippen LogP contribution is -2.15. The normalized spacial score (nSPS) is 9.57. The zero-order valence-electron chi connectivity index (χ0n) is 4.95. The first kappa shape index (κ1) is 6.51. The van der Waals surface area contributed by atoms with Crippen molar-refractivity contribution in [3.63, 3.8) is 0 Å². The van der Waals surface area contributed by atoms with E-state index < -0.39 is 8.07 Å². The van der Waals surface area contributed by atoms with Gasteiger partial charge in [0.05, 0.1) is 0 Å². The van der Waals surface area contributed by atoms with Crippen LogP contribution in [0.15, 0.2) is 0 Å². The van der Waals surface area contributed by atoms with Crippen molar-refractivity contribution in [2.45, 2.75) is 19.6 Å². The zero-order valence-corrected chi connectivity index (χ0v) is 5.95. The molecule has 0 aliphatic carbocycles. The van der Waals surface area contributed by atoms with Gasteiger partial charge < -0.3 is 5.84 Å². The van der Waals surface area contributed by atoms with Crippen LogP contribution in [0.25, 0.3) is 10.8 Å².